The number of anilines is 1. The molecule has 0 spiro atoms. The highest BCUT2D eigenvalue weighted by molar-refractivity contribution is 5.29. The lowest BCUT2D eigenvalue weighted by molar-refractivity contribution is 0.914. The molecule has 0 atom stereocenters. The minimum atomic E-state index is 0.597. The fraction of sp³-hybridized carbons (Fsp3) is 0.545. The van der Waals surface area contributed by atoms with Crippen LogP contribution in [0.4, 0.5) is 5.82 Å². The third kappa shape index (κ3) is 6.14. The van der Waals surface area contributed by atoms with Crippen LogP contribution < -0.4 is 5.73 Å². The molecule has 0 amide bonds. The van der Waals surface area contributed by atoms with Crippen LogP contribution in [-0.2, 0) is 6.42 Å². The quantitative estimate of drug-likeness (QED) is 0.759. The number of nitrogen functional groups attached to an aromatic ring is 1. The molecule has 74 valence electrons. The second-order valence-electron chi connectivity index (χ2n) is 3.05. The van der Waals surface area contributed by atoms with E-state index >= 15 is 0 Å². The van der Waals surface area contributed by atoms with Crippen molar-refractivity contribution in [2.45, 2.75) is 40.0 Å². The van der Waals surface area contributed by atoms with Crippen LogP contribution in [0.15, 0.2) is 18.3 Å². The maximum Gasteiger partial charge on any atom is 0.123 e. The van der Waals surface area contributed by atoms with Gasteiger partial charge in [-0.05, 0) is 18.1 Å². The van der Waals surface area contributed by atoms with Crippen LogP contribution >= 0.6 is 0 Å². The molecule has 0 saturated carbocycles. The zero-order chi connectivity index (χ0) is 10.1. The van der Waals surface area contributed by atoms with Gasteiger partial charge in [0.05, 0.1) is 0 Å². The Hall–Kier alpha value is -1.05. The van der Waals surface area contributed by atoms with Crippen molar-refractivity contribution in [1.82, 2.24) is 4.98 Å². The van der Waals surface area contributed by atoms with E-state index in [1.165, 1.54) is 12.0 Å². The molecule has 13 heavy (non-hydrogen) atoms. The predicted molar refractivity (Wildman–Crippen MR) is 58.6 cm³/mol. The molecule has 1 heterocycles. The Morgan fingerprint density at radius 2 is 1.85 bits per heavy atom. The molecule has 2 N–H and O–H groups in total. The predicted octanol–water partition coefficient (Wildman–Crippen LogP) is 3.03. The summed E-state index contributed by atoms with van der Waals surface area (Å²) < 4.78 is 0. The fourth-order valence-corrected chi connectivity index (χ4v) is 0.872. The molecule has 1 aromatic heterocycles. The Morgan fingerprint density at radius 3 is 2.23 bits per heavy atom. The maximum atomic E-state index is 5.41. The highest BCUT2D eigenvalue weighted by Gasteiger charge is 1.89. The highest BCUT2D eigenvalue weighted by atomic mass is 14.8. The van der Waals surface area contributed by atoms with Crippen molar-refractivity contribution >= 4 is 5.82 Å². The zero-order valence-electron chi connectivity index (χ0n) is 8.88. The molecule has 0 bridgehead atoms. The van der Waals surface area contributed by atoms with Gasteiger partial charge in [0.25, 0.3) is 0 Å². The van der Waals surface area contributed by atoms with Crippen molar-refractivity contribution in [3.8, 4) is 0 Å². The fourth-order valence-electron chi connectivity index (χ4n) is 0.872. The molecule has 2 heteroatoms. The number of hydrogen-bond donors (Lipinski definition) is 1. The van der Waals surface area contributed by atoms with Crippen LogP contribution in [0.3, 0.4) is 0 Å². The van der Waals surface area contributed by atoms with Gasteiger partial charge in [-0.2, -0.15) is 0 Å². The summed E-state index contributed by atoms with van der Waals surface area (Å²) in [4.78, 5) is 3.98. The van der Waals surface area contributed by atoms with E-state index in [1.54, 1.807) is 0 Å². The average molecular weight is 180 g/mol. The molecular weight excluding hydrogens is 160 g/mol. The third-order valence-electron chi connectivity index (χ3n) is 1.39. The highest BCUT2D eigenvalue weighted by Crippen LogP contribution is 2.02. The van der Waals surface area contributed by atoms with Gasteiger partial charge in [0, 0.05) is 6.20 Å². The summed E-state index contributed by atoms with van der Waals surface area (Å²) in [5.41, 5.74) is 6.67. The number of hydrogen-bond acceptors (Lipinski definition) is 2. The first-order valence-corrected chi connectivity index (χ1v) is 4.94. The summed E-state index contributed by atoms with van der Waals surface area (Å²) >= 11 is 0. The molecule has 0 saturated heterocycles. The van der Waals surface area contributed by atoms with Crippen molar-refractivity contribution in [2.75, 3.05) is 5.73 Å². The smallest absolute Gasteiger partial charge is 0.123 e. The maximum absolute atomic E-state index is 5.41. The Labute approximate surface area is 81.2 Å². The molecule has 0 aliphatic rings. The normalized spacial score (nSPS) is 8.85. The Kier molecular flexibility index (Phi) is 6.98. The van der Waals surface area contributed by atoms with Crippen molar-refractivity contribution in [2.24, 2.45) is 0 Å². The van der Waals surface area contributed by atoms with Gasteiger partial charge in [-0.15, -0.1) is 0 Å². The number of aromatic nitrogens is 1. The molecule has 0 unspecified atom stereocenters. The van der Waals surface area contributed by atoms with Gasteiger partial charge >= 0.3 is 0 Å². The summed E-state index contributed by atoms with van der Waals surface area (Å²) in [5, 5.41) is 0. The number of pyridine rings is 1. The lowest BCUT2D eigenvalue weighted by Gasteiger charge is -1.96. The first-order valence-electron chi connectivity index (χ1n) is 4.94. The number of rotatable bonds is 2. The minimum Gasteiger partial charge on any atom is -0.384 e. The topological polar surface area (TPSA) is 38.9 Å². The van der Waals surface area contributed by atoms with Gasteiger partial charge in [-0.25, -0.2) is 4.98 Å². The van der Waals surface area contributed by atoms with E-state index < -0.39 is 0 Å². The van der Waals surface area contributed by atoms with Crippen molar-refractivity contribution in [3.05, 3.63) is 23.9 Å². The van der Waals surface area contributed by atoms with Gasteiger partial charge in [0.1, 0.15) is 5.82 Å². The van der Waals surface area contributed by atoms with E-state index in [0.29, 0.717) is 5.82 Å². The number of nitrogens with zero attached hydrogens (tertiary/aromatic N) is 1. The van der Waals surface area contributed by atoms with E-state index in [-0.39, 0.29) is 0 Å². The SMILES string of the molecule is CCC.CCCc1ccc(N)nc1. The Morgan fingerprint density at radius 1 is 1.23 bits per heavy atom. The Bertz CT molecular complexity index is 204. The molecule has 0 fully saturated rings. The molecule has 2 nitrogen and oxygen atoms in total. The molecular formula is C11H20N2. The second kappa shape index (κ2) is 7.59. The van der Waals surface area contributed by atoms with E-state index in [9.17, 15) is 0 Å². The summed E-state index contributed by atoms with van der Waals surface area (Å²) in [6.07, 6.45) is 5.33. The lowest BCUT2D eigenvalue weighted by atomic mass is 10.2. The molecule has 0 aliphatic carbocycles. The van der Waals surface area contributed by atoms with Crippen LogP contribution in [0.1, 0.15) is 39.2 Å². The van der Waals surface area contributed by atoms with Crippen molar-refractivity contribution in [3.63, 3.8) is 0 Å². The van der Waals surface area contributed by atoms with E-state index in [2.05, 4.69) is 25.8 Å². The number of nitrogens with two attached hydrogens (primary N) is 1. The first-order chi connectivity index (χ1) is 6.24. The van der Waals surface area contributed by atoms with E-state index in [1.807, 2.05) is 18.3 Å². The summed E-state index contributed by atoms with van der Waals surface area (Å²) in [7, 11) is 0. The zero-order valence-corrected chi connectivity index (χ0v) is 8.88. The molecule has 0 radical (unpaired) electrons. The third-order valence-corrected chi connectivity index (χ3v) is 1.39. The summed E-state index contributed by atoms with van der Waals surface area (Å²) in [6.45, 7) is 6.40. The van der Waals surface area contributed by atoms with Gasteiger partial charge in [-0.1, -0.05) is 39.7 Å². The summed E-state index contributed by atoms with van der Waals surface area (Å²) in [5.74, 6) is 0.597. The van der Waals surface area contributed by atoms with Gasteiger partial charge in [0.15, 0.2) is 0 Å². The minimum absolute atomic E-state index is 0.597. The van der Waals surface area contributed by atoms with Crippen LogP contribution in [0.25, 0.3) is 0 Å². The standard InChI is InChI=1S/C8H12N2.C3H8/c1-2-3-7-4-5-8(9)10-6-7;1-3-2/h4-6H,2-3H2,1H3,(H2,9,10);3H2,1-2H3. The summed E-state index contributed by atoms with van der Waals surface area (Å²) in [6, 6.07) is 3.86. The van der Waals surface area contributed by atoms with Crippen LogP contribution in [0.5, 0.6) is 0 Å². The van der Waals surface area contributed by atoms with Crippen LogP contribution in [-0.4, -0.2) is 4.98 Å². The van der Waals surface area contributed by atoms with Gasteiger partial charge in [0.2, 0.25) is 0 Å². The van der Waals surface area contributed by atoms with Gasteiger partial charge < -0.3 is 5.73 Å². The molecule has 1 rings (SSSR count). The van der Waals surface area contributed by atoms with E-state index in [0.717, 1.165) is 12.8 Å². The van der Waals surface area contributed by atoms with Crippen LogP contribution in [0.2, 0.25) is 0 Å². The molecule has 0 aromatic carbocycles. The van der Waals surface area contributed by atoms with Crippen molar-refractivity contribution in [1.29, 1.82) is 0 Å². The lowest BCUT2D eigenvalue weighted by Crippen LogP contribution is -1.90. The Balaban J connectivity index is 0.000000424. The largest absolute Gasteiger partial charge is 0.384 e. The first kappa shape index (κ1) is 11.9. The monoisotopic (exact) mass is 180 g/mol. The van der Waals surface area contributed by atoms with Crippen LogP contribution in [0, 0.1) is 0 Å². The van der Waals surface area contributed by atoms with Crippen molar-refractivity contribution < 1.29 is 0 Å². The van der Waals surface area contributed by atoms with Gasteiger partial charge in [-0.3, -0.25) is 0 Å². The number of aryl methyl sites for hydroxylation is 1. The average Bonchev–Trinajstić information content (AvgIpc) is 2.11. The molecule has 0 aliphatic heterocycles. The second-order valence-corrected chi connectivity index (χ2v) is 3.05. The van der Waals surface area contributed by atoms with E-state index in [4.69, 9.17) is 5.73 Å². The molecule has 1 aromatic rings.